The van der Waals surface area contributed by atoms with E-state index in [2.05, 4.69) is 15.3 Å². The lowest BCUT2D eigenvalue weighted by molar-refractivity contribution is -0.120. The van der Waals surface area contributed by atoms with Gasteiger partial charge in [-0.25, -0.2) is 4.98 Å². The number of piperidine rings is 1. The van der Waals surface area contributed by atoms with Gasteiger partial charge >= 0.3 is 0 Å². The van der Waals surface area contributed by atoms with Gasteiger partial charge in [-0.3, -0.25) is 14.6 Å². The number of hydrogen-bond acceptors (Lipinski definition) is 5. The number of para-hydroxylation sites is 2. The Labute approximate surface area is 167 Å². The molecule has 7 heteroatoms. The quantitative estimate of drug-likeness (QED) is 0.722. The zero-order valence-corrected chi connectivity index (χ0v) is 16.3. The number of carbonyl (C=O) groups is 2. The molecule has 1 aliphatic heterocycles. The number of hydrogen-bond donors (Lipinski definition) is 1. The summed E-state index contributed by atoms with van der Waals surface area (Å²) in [5, 5.41) is 4.99. The van der Waals surface area contributed by atoms with E-state index in [0.29, 0.717) is 31.7 Å². The van der Waals surface area contributed by atoms with E-state index in [1.165, 1.54) is 0 Å². The molecule has 6 nitrogen and oxygen atoms in total. The van der Waals surface area contributed by atoms with E-state index in [1.807, 2.05) is 46.7 Å². The summed E-state index contributed by atoms with van der Waals surface area (Å²) in [6.07, 6.45) is 3.90. The van der Waals surface area contributed by atoms with Gasteiger partial charge in [0.05, 0.1) is 23.7 Å². The van der Waals surface area contributed by atoms with Crippen molar-refractivity contribution in [3.63, 3.8) is 0 Å². The molecule has 2 amide bonds. The second kappa shape index (κ2) is 8.48. The van der Waals surface area contributed by atoms with Crippen LogP contribution < -0.4 is 5.32 Å². The van der Waals surface area contributed by atoms with Crippen LogP contribution in [-0.2, 0) is 11.2 Å². The Morgan fingerprint density at radius 1 is 1.18 bits per heavy atom. The van der Waals surface area contributed by atoms with Crippen molar-refractivity contribution in [2.24, 2.45) is 5.92 Å². The molecule has 0 radical (unpaired) electrons. The molecule has 1 N–H and O–H groups in total. The minimum absolute atomic E-state index is 0.0336. The standard InChI is InChI=1S/C21H22N4O2S/c26-20(11-16-6-4-10-28-16)23-12-15-5-3-9-25(14-15)21(27)19-13-22-17-7-1-2-8-18(17)24-19/h1-2,4,6-8,10,13,15H,3,5,9,11-12,14H2,(H,23,26). The Balaban J connectivity index is 1.34. The highest BCUT2D eigenvalue weighted by Crippen LogP contribution is 2.18. The molecule has 144 valence electrons. The zero-order chi connectivity index (χ0) is 19.3. The summed E-state index contributed by atoms with van der Waals surface area (Å²) in [6, 6.07) is 11.5. The number of carbonyl (C=O) groups excluding carboxylic acids is 2. The lowest BCUT2D eigenvalue weighted by Crippen LogP contribution is -2.44. The minimum atomic E-state index is -0.0899. The summed E-state index contributed by atoms with van der Waals surface area (Å²) >= 11 is 1.59. The van der Waals surface area contributed by atoms with Gasteiger partial charge in [0.1, 0.15) is 5.69 Å². The fraction of sp³-hybridized carbons (Fsp3) is 0.333. The summed E-state index contributed by atoms with van der Waals surface area (Å²) in [4.78, 5) is 36.7. The summed E-state index contributed by atoms with van der Waals surface area (Å²) < 4.78 is 0. The van der Waals surface area contributed by atoms with Crippen LogP contribution in [0.3, 0.4) is 0 Å². The normalized spacial score (nSPS) is 16.9. The number of nitrogens with one attached hydrogen (secondary N) is 1. The molecule has 2 aromatic heterocycles. The SMILES string of the molecule is O=C(Cc1cccs1)NCC1CCCN(C(=O)c2cnc3ccccc3n2)C1. The van der Waals surface area contributed by atoms with Crippen molar-refractivity contribution >= 4 is 34.2 Å². The first-order valence-electron chi connectivity index (χ1n) is 9.49. The van der Waals surface area contributed by atoms with E-state index in [1.54, 1.807) is 17.5 Å². The molecule has 1 unspecified atom stereocenters. The molecule has 4 rings (SSSR count). The van der Waals surface area contributed by atoms with E-state index < -0.39 is 0 Å². The second-order valence-electron chi connectivity index (χ2n) is 7.06. The van der Waals surface area contributed by atoms with Crippen LogP contribution in [0.4, 0.5) is 0 Å². The molecule has 1 atom stereocenters. The molecule has 1 saturated heterocycles. The van der Waals surface area contributed by atoms with Gasteiger partial charge in [-0.15, -0.1) is 11.3 Å². The Morgan fingerprint density at radius 2 is 2.04 bits per heavy atom. The molecule has 0 saturated carbocycles. The third kappa shape index (κ3) is 4.36. The van der Waals surface area contributed by atoms with E-state index in [0.717, 1.165) is 28.8 Å². The molecular weight excluding hydrogens is 372 g/mol. The lowest BCUT2D eigenvalue weighted by atomic mass is 9.97. The predicted molar refractivity (Wildman–Crippen MR) is 109 cm³/mol. The highest BCUT2D eigenvalue weighted by Gasteiger charge is 2.26. The van der Waals surface area contributed by atoms with Crippen molar-refractivity contribution < 1.29 is 9.59 Å². The number of aromatic nitrogens is 2. The fourth-order valence-corrected chi connectivity index (χ4v) is 4.23. The number of likely N-dealkylation sites (tertiary alicyclic amines) is 1. The summed E-state index contributed by atoms with van der Waals surface area (Å²) in [5.74, 6) is 0.206. The predicted octanol–water partition coefficient (Wildman–Crippen LogP) is 2.90. The Bertz CT molecular complexity index is 973. The average Bonchev–Trinajstić information content (AvgIpc) is 3.24. The first-order chi connectivity index (χ1) is 13.7. The van der Waals surface area contributed by atoms with Crippen LogP contribution >= 0.6 is 11.3 Å². The van der Waals surface area contributed by atoms with E-state index >= 15 is 0 Å². The van der Waals surface area contributed by atoms with Crippen LogP contribution in [-0.4, -0.2) is 46.3 Å². The van der Waals surface area contributed by atoms with Crippen molar-refractivity contribution in [1.82, 2.24) is 20.2 Å². The number of nitrogens with zero attached hydrogens (tertiary/aromatic N) is 3. The molecule has 28 heavy (non-hydrogen) atoms. The molecule has 3 aromatic rings. The largest absolute Gasteiger partial charge is 0.355 e. The maximum absolute atomic E-state index is 12.9. The van der Waals surface area contributed by atoms with Gasteiger partial charge in [0, 0.05) is 24.5 Å². The molecule has 0 spiro atoms. The van der Waals surface area contributed by atoms with Crippen molar-refractivity contribution in [2.75, 3.05) is 19.6 Å². The van der Waals surface area contributed by atoms with Crippen molar-refractivity contribution in [2.45, 2.75) is 19.3 Å². The van der Waals surface area contributed by atoms with Gasteiger partial charge in [-0.2, -0.15) is 0 Å². The van der Waals surface area contributed by atoms with Gasteiger partial charge in [-0.1, -0.05) is 18.2 Å². The minimum Gasteiger partial charge on any atom is -0.355 e. The van der Waals surface area contributed by atoms with Gasteiger partial charge in [0.2, 0.25) is 5.91 Å². The third-order valence-corrected chi connectivity index (χ3v) is 5.85. The van der Waals surface area contributed by atoms with E-state index in [4.69, 9.17) is 0 Å². The molecule has 1 fully saturated rings. The first-order valence-corrected chi connectivity index (χ1v) is 10.4. The van der Waals surface area contributed by atoms with Crippen LogP contribution in [0.1, 0.15) is 28.2 Å². The average molecular weight is 395 g/mol. The van der Waals surface area contributed by atoms with Crippen LogP contribution in [0.25, 0.3) is 11.0 Å². The third-order valence-electron chi connectivity index (χ3n) is 4.98. The van der Waals surface area contributed by atoms with Gasteiger partial charge in [0.25, 0.3) is 5.91 Å². The summed E-state index contributed by atoms with van der Waals surface area (Å²) in [5.41, 5.74) is 1.88. The van der Waals surface area contributed by atoms with Gasteiger partial charge < -0.3 is 10.2 Å². The molecular formula is C21H22N4O2S. The Morgan fingerprint density at radius 3 is 2.86 bits per heavy atom. The number of thiophene rings is 1. The fourth-order valence-electron chi connectivity index (χ4n) is 3.53. The number of fused-ring (bicyclic) bond motifs is 1. The van der Waals surface area contributed by atoms with E-state index in [9.17, 15) is 9.59 Å². The van der Waals surface area contributed by atoms with Gasteiger partial charge in [0.15, 0.2) is 0 Å². The van der Waals surface area contributed by atoms with Gasteiger partial charge in [-0.05, 0) is 42.3 Å². The highest BCUT2D eigenvalue weighted by molar-refractivity contribution is 7.10. The zero-order valence-electron chi connectivity index (χ0n) is 15.5. The molecule has 0 aliphatic carbocycles. The maximum Gasteiger partial charge on any atom is 0.274 e. The van der Waals surface area contributed by atoms with E-state index in [-0.39, 0.29) is 17.7 Å². The molecule has 3 heterocycles. The Kier molecular flexibility index (Phi) is 5.62. The second-order valence-corrected chi connectivity index (χ2v) is 8.10. The number of benzene rings is 1. The van der Waals surface area contributed by atoms with Crippen molar-refractivity contribution in [3.8, 4) is 0 Å². The van der Waals surface area contributed by atoms with Crippen molar-refractivity contribution in [3.05, 3.63) is 58.5 Å². The smallest absolute Gasteiger partial charge is 0.274 e. The lowest BCUT2D eigenvalue weighted by Gasteiger charge is -2.32. The topological polar surface area (TPSA) is 75.2 Å². The van der Waals surface area contributed by atoms with Crippen molar-refractivity contribution in [1.29, 1.82) is 0 Å². The molecule has 1 aliphatic rings. The molecule has 1 aromatic carbocycles. The Hall–Kier alpha value is -2.80. The monoisotopic (exact) mass is 394 g/mol. The maximum atomic E-state index is 12.9. The van der Waals surface area contributed by atoms with Crippen LogP contribution in [0.5, 0.6) is 0 Å². The molecule has 0 bridgehead atoms. The number of amides is 2. The van der Waals surface area contributed by atoms with Crippen LogP contribution in [0.15, 0.2) is 48.0 Å². The summed E-state index contributed by atoms with van der Waals surface area (Å²) in [7, 11) is 0. The van der Waals surface area contributed by atoms with Crippen LogP contribution in [0.2, 0.25) is 0 Å². The van der Waals surface area contributed by atoms with Crippen LogP contribution in [0, 0.1) is 5.92 Å². The first kappa shape index (κ1) is 18.6. The number of rotatable bonds is 5. The highest BCUT2D eigenvalue weighted by atomic mass is 32.1. The summed E-state index contributed by atoms with van der Waals surface area (Å²) in [6.45, 7) is 1.94.